The van der Waals surface area contributed by atoms with Gasteiger partial charge < -0.3 is 9.32 Å². The van der Waals surface area contributed by atoms with Gasteiger partial charge in [-0.3, -0.25) is 14.0 Å². The molecular formula is C28H28F2N4O2. The average molecular weight is 491 g/mol. The standard InChI is InChI=1S/C26H22F2N4O2.C2H6/c27-18-3-5-20(22(28)14-18)25-15-21-24(34-25)7-10-31(26(21)33)19-4-6-23-17(13-19)16-29-32(23)12-11-30-8-1-2-9-30;1-2/h3-7,10,13-16H,1-2,8-9,11-12H2;1-2H3. The fourth-order valence-electron chi connectivity index (χ4n) is 4.71. The molecular weight excluding hydrogens is 462 g/mol. The Morgan fingerprint density at radius 1 is 0.972 bits per heavy atom. The van der Waals surface area contributed by atoms with Crippen LogP contribution in [0.25, 0.3) is 38.9 Å². The highest BCUT2D eigenvalue weighted by Crippen LogP contribution is 2.29. The lowest BCUT2D eigenvalue weighted by Crippen LogP contribution is -2.24. The summed E-state index contributed by atoms with van der Waals surface area (Å²) in [6, 6.07) is 12.2. The average Bonchev–Trinajstić information content (AvgIpc) is 3.64. The van der Waals surface area contributed by atoms with Crippen LogP contribution in [0.3, 0.4) is 0 Å². The molecule has 8 heteroatoms. The Balaban J connectivity index is 0.00000130. The number of nitrogens with zero attached hydrogens (tertiary/aromatic N) is 4. The minimum absolute atomic E-state index is 0.103. The number of fused-ring (bicyclic) bond motifs is 2. The van der Waals surface area contributed by atoms with Crippen molar-refractivity contribution in [1.82, 2.24) is 19.2 Å². The van der Waals surface area contributed by atoms with Crippen LogP contribution < -0.4 is 5.56 Å². The van der Waals surface area contributed by atoms with Crippen molar-refractivity contribution in [2.24, 2.45) is 0 Å². The van der Waals surface area contributed by atoms with E-state index in [2.05, 4.69) is 10.00 Å². The van der Waals surface area contributed by atoms with Crippen LogP contribution in [-0.4, -0.2) is 38.9 Å². The molecule has 0 spiro atoms. The summed E-state index contributed by atoms with van der Waals surface area (Å²) in [5, 5.41) is 5.81. The lowest BCUT2D eigenvalue weighted by molar-refractivity contribution is 0.318. The maximum Gasteiger partial charge on any atom is 0.266 e. The summed E-state index contributed by atoms with van der Waals surface area (Å²) in [6.07, 6.45) is 5.98. The molecule has 0 saturated carbocycles. The van der Waals surface area contributed by atoms with Crippen molar-refractivity contribution in [2.45, 2.75) is 33.2 Å². The third-order valence-corrected chi connectivity index (χ3v) is 6.51. The van der Waals surface area contributed by atoms with Crippen LogP contribution in [0.15, 0.2) is 70.1 Å². The van der Waals surface area contributed by atoms with Gasteiger partial charge in [-0.05, 0) is 68.4 Å². The molecule has 1 aliphatic rings. The molecule has 0 bridgehead atoms. The van der Waals surface area contributed by atoms with E-state index in [1.165, 1.54) is 29.5 Å². The molecule has 36 heavy (non-hydrogen) atoms. The third kappa shape index (κ3) is 4.44. The van der Waals surface area contributed by atoms with E-state index in [0.29, 0.717) is 16.7 Å². The number of benzene rings is 2. The predicted octanol–water partition coefficient (Wildman–Crippen LogP) is 6.00. The summed E-state index contributed by atoms with van der Waals surface area (Å²) >= 11 is 0. The molecule has 0 unspecified atom stereocenters. The minimum atomic E-state index is -0.744. The first kappa shape index (κ1) is 23.9. The largest absolute Gasteiger partial charge is 0.456 e. The molecule has 4 heterocycles. The number of furan rings is 1. The summed E-state index contributed by atoms with van der Waals surface area (Å²) in [6.45, 7) is 8.11. The molecule has 6 rings (SSSR count). The molecule has 5 aromatic rings. The van der Waals surface area contributed by atoms with Crippen LogP contribution >= 0.6 is 0 Å². The topological polar surface area (TPSA) is 56.2 Å². The van der Waals surface area contributed by atoms with E-state index >= 15 is 0 Å². The van der Waals surface area contributed by atoms with E-state index in [0.717, 1.165) is 49.2 Å². The first-order chi connectivity index (χ1) is 17.6. The maximum absolute atomic E-state index is 14.2. The van der Waals surface area contributed by atoms with Crippen molar-refractivity contribution in [2.75, 3.05) is 19.6 Å². The molecule has 0 amide bonds. The van der Waals surface area contributed by atoms with Crippen molar-refractivity contribution in [1.29, 1.82) is 0 Å². The van der Waals surface area contributed by atoms with E-state index in [1.54, 1.807) is 12.3 Å². The van der Waals surface area contributed by atoms with Crippen LogP contribution in [0, 0.1) is 11.6 Å². The van der Waals surface area contributed by atoms with Crippen molar-refractivity contribution in [3.05, 3.63) is 82.9 Å². The number of aromatic nitrogens is 3. The first-order valence-corrected chi connectivity index (χ1v) is 12.4. The van der Waals surface area contributed by atoms with Gasteiger partial charge in [-0.2, -0.15) is 5.10 Å². The molecule has 186 valence electrons. The lowest BCUT2D eigenvalue weighted by atomic mass is 10.1. The zero-order valence-corrected chi connectivity index (χ0v) is 20.4. The smallest absolute Gasteiger partial charge is 0.266 e. The normalized spacial score (nSPS) is 13.9. The summed E-state index contributed by atoms with van der Waals surface area (Å²) in [5.74, 6) is -1.24. The molecule has 0 atom stereocenters. The van der Waals surface area contributed by atoms with Crippen LogP contribution in [0.1, 0.15) is 26.7 Å². The Labute approximate surface area is 207 Å². The van der Waals surface area contributed by atoms with E-state index in [9.17, 15) is 13.6 Å². The zero-order chi connectivity index (χ0) is 25.2. The Morgan fingerprint density at radius 3 is 2.56 bits per heavy atom. The minimum Gasteiger partial charge on any atom is -0.456 e. The molecule has 0 aliphatic carbocycles. The van der Waals surface area contributed by atoms with Gasteiger partial charge in [0.05, 0.1) is 29.2 Å². The fourth-order valence-corrected chi connectivity index (χ4v) is 4.71. The Hall–Kier alpha value is -3.78. The summed E-state index contributed by atoms with van der Waals surface area (Å²) in [7, 11) is 0. The van der Waals surface area contributed by atoms with Gasteiger partial charge in [-0.25, -0.2) is 8.78 Å². The van der Waals surface area contributed by atoms with Gasteiger partial charge in [0.15, 0.2) is 0 Å². The number of hydrogen-bond donors (Lipinski definition) is 0. The van der Waals surface area contributed by atoms with Crippen LogP contribution in [0.2, 0.25) is 0 Å². The Bertz CT molecular complexity index is 1580. The summed E-state index contributed by atoms with van der Waals surface area (Å²) < 4.78 is 36.7. The second-order valence-electron chi connectivity index (χ2n) is 8.66. The molecule has 2 aromatic carbocycles. The number of hydrogen-bond acceptors (Lipinski definition) is 4. The molecule has 3 aromatic heterocycles. The highest BCUT2D eigenvalue weighted by molar-refractivity contribution is 5.84. The molecule has 1 saturated heterocycles. The van der Waals surface area contributed by atoms with Crippen molar-refractivity contribution in [3.8, 4) is 17.0 Å². The fraction of sp³-hybridized carbons (Fsp3) is 0.286. The van der Waals surface area contributed by atoms with Crippen molar-refractivity contribution >= 4 is 21.9 Å². The van der Waals surface area contributed by atoms with Gasteiger partial charge in [-0.15, -0.1) is 0 Å². The summed E-state index contributed by atoms with van der Waals surface area (Å²) in [5.41, 5.74) is 1.89. The van der Waals surface area contributed by atoms with E-state index < -0.39 is 11.6 Å². The van der Waals surface area contributed by atoms with E-state index in [4.69, 9.17) is 4.42 Å². The second kappa shape index (κ2) is 10.1. The Kier molecular flexibility index (Phi) is 6.69. The number of pyridine rings is 1. The Morgan fingerprint density at radius 2 is 1.78 bits per heavy atom. The maximum atomic E-state index is 14.2. The van der Waals surface area contributed by atoms with Crippen LogP contribution in [0.5, 0.6) is 0 Å². The number of rotatable bonds is 5. The van der Waals surface area contributed by atoms with Gasteiger partial charge in [-0.1, -0.05) is 13.8 Å². The van der Waals surface area contributed by atoms with Crippen molar-refractivity contribution < 1.29 is 13.2 Å². The molecule has 1 aliphatic heterocycles. The summed E-state index contributed by atoms with van der Waals surface area (Å²) in [4.78, 5) is 15.7. The van der Waals surface area contributed by atoms with Gasteiger partial charge >= 0.3 is 0 Å². The van der Waals surface area contributed by atoms with Gasteiger partial charge in [0, 0.05) is 29.9 Å². The van der Waals surface area contributed by atoms with Gasteiger partial charge in [0.25, 0.3) is 5.56 Å². The monoisotopic (exact) mass is 490 g/mol. The van der Waals surface area contributed by atoms with Gasteiger partial charge in [0.2, 0.25) is 0 Å². The number of likely N-dealkylation sites (tertiary alicyclic amines) is 1. The van der Waals surface area contributed by atoms with Crippen LogP contribution in [-0.2, 0) is 6.54 Å². The first-order valence-electron chi connectivity index (χ1n) is 12.4. The highest BCUT2D eigenvalue weighted by Gasteiger charge is 2.16. The molecule has 0 N–H and O–H groups in total. The zero-order valence-electron chi connectivity index (χ0n) is 20.4. The number of halogens is 2. The molecule has 6 nitrogen and oxygen atoms in total. The molecule has 1 fully saturated rings. The van der Waals surface area contributed by atoms with E-state index in [-0.39, 0.29) is 16.9 Å². The third-order valence-electron chi connectivity index (χ3n) is 6.51. The second-order valence-corrected chi connectivity index (χ2v) is 8.66. The molecule has 0 radical (unpaired) electrons. The van der Waals surface area contributed by atoms with Crippen LogP contribution in [0.4, 0.5) is 8.78 Å². The van der Waals surface area contributed by atoms with Gasteiger partial charge in [0.1, 0.15) is 23.0 Å². The SMILES string of the molecule is CC.O=c1c2cc(-c3ccc(F)cc3F)oc2ccn1-c1ccc2c(cnn2CCN2CCCC2)c1. The van der Waals surface area contributed by atoms with E-state index in [1.807, 2.05) is 42.9 Å². The lowest BCUT2D eigenvalue weighted by Gasteiger charge is -2.14. The predicted molar refractivity (Wildman–Crippen MR) is 137 cm³/mol. The highest BCUT2D eigenvalue weighted by atomic mass is 19.1. The quantitative estimate of drug-likeness (QED) is 0.303. The van der Waals surface area contributed by atoms with Crippen molar-refractivity contribution in [3.63, 3.8) is 0 Å².